The van der Waals surface area contributed by atoms with Gasteiger partial charge in [0.15, 0.2) is 0 Å². The van der Waals surface area contributed by atoms with Crippen molar-refractivity contribution in [3.05, 3.63) is 29.6 Å². The van der Waals surface area contributed by atoms with E-state index in [2.05, 4.69) is 10.6 Å². The Labute approximate surface area is 136 Å². The molecule has 0 saturated carbocycles. The molecule has 1 aromatic carbocycles. The van der Waals surface area contributed by atoms with Crippen molar-refractivity contribution in [2.75, 3.05) is 25.5 Å². The summed E-state index contributed by atoms with van der Waals surface area (Å²) in [5, 5.41) is 4.96. The summed E-state index contributed by atoms with van der Waals surface area (Å²) in [6.07, 6.45) is -3.48. The molecule has 1 unspecified atom stereocenters. The van der Waals surface area contributed by atoms with Gasteiger partial charge in [0, 0.05) is 19.3 Å². The second-order valence-electron chi connectivity index (χ2n) is 5.44. The Morgan fingerprint density at radius 2 is 2.00 bits per heavy atom. The van der Waals surface area contributed by atoms with Crippen LogP contribution in [-0.2, 0) is 15.8 Å². The molecule has 1 heterocycles. The highest BCUT2D eigenvalue weighted by Gasteiger charge is 2.34. The number of carbonyl (C=O) groups is 2. The summed E-state index contributed by atoms with van der Waals surface area (Å²) in [6, 6.07) is 1.41. The molecule has 1 fully saturated rings. The second-order valence-corrected chi connectivity index (χ2v) is 5.44. The average molecular weight is 347 g/mol. The molecule has 5 nitrogen and oxygen atoms in total. The fraction of sp³-hybridized carbons (Fsp3) is 0.467. The molecule has 24 heavy (non-hydrogen) atoms. The van der Waals surface area contributed by atoms with Crippen LogP contribution >= 0.6 is 0 Å². The molecule has 1 atom stereocenters. The van der Waals surface area contributed by atoms with Gasteiger partial charge in [0.25, 0.3) is 0 Å². The van der Waals surface area contributed by atoms with E-state index >= 15 is 0 Å². The molecule has 132 valence electrons. The molecule has 0 bridgehead atoms. The van der Waals surface area contributed by atoms with Gasteiger partial charge >= 0.3 is 6.18 Å². The third-order valence-corrected chi connectivity index (χ3v) is 3.79. The van der Waals surface area contributed by atoms with E-state index in [0.29, 0.717) is 25.5 Å². The van der Waals surface area contributed by atoms with Crippen LogP contribution in [0.4, 0.5) is 23.2 Å². The number of hydrogen-bond donors (Lipinski definition) is 2. The number of rotatable bonds is 4. The smallest absolute Gasteiger partial charge is 0.376 e. The van der Waals surface area contributed by atoms with Gasteiger partial charge in [-0.2, -0.15) is 13.2 Å². The highest BCUT2D eigenvalue weighted by molar-refractivity contribution is 5.89. The Bertz CT molecular complexity index is 634. The van der Waals surface area contributed by atoms with Crippen LogP contribution in [-0.4, -0.2) is 42.9 Å². The van der Waals surface area contributed by atoms with Gasteiger partial charge in [-0.15, -0.1) is 0 Å². The van der Waals surface area contributed by atoms with Gasteiger partial charge in [-0.05, 0) is 31.0 Å². The molecular formula is C15H17F4N3O2. The Hall–Kier alpha value is -2.32. The fourth-order valence-corrected chi connectivity index (χ4v) is 2.64. The van der Waals surface area contributed by atoms with Crippen LogP contribution in [0.5, 0.6) is 0 Å². The van der Waals surface area contributed by atoms with Crippen LogP contribution in [0.15, 0.2) is 18.2 Å². The minimum Gasteiger partial charge on any atom is -0.376 e. The number of nitrogens with zero attached hydrogens (tertiary/aromatic N) is 1. The third-order valence-electron chi connectivity index (χ3n) is 3.79. The van der Waals surface area contributed by atoms with Gasteiger partial charge in [-0.25, -0.2) is 4.39 Å². The molecule has 0 radical (unpaired) electrons. The lowest BCUT2D eigenvalue weighted by molar-refractivity contribution is -0.137. The number of anilines is 1. The first kappa shape index (κ1) is 18.0. The molecule has 0 spiro atoms. The number of halogens is 4. The van der Waals surface area contributed by atoms with Gasteiger partial charge in [-0.3, -0.25) is 9.59 Å². The average Bonchev–Trinajstić information content (AvgIpc) is 3.00. The van der Waals surface area contributed by atoms with Crippen molar-refractivity contribution < 1.29 is 27.2 Å². The number of hydrogen-bond acceptors (Lipinski definition) is 3. The lowest BCUT2D eigenvalue weighted by atomic mass is 10.2. The van der Waals surface area contributed by atoms with Gasteiger partial charge in [-0.1, -0.05) is 0 Å². The SMILES string of the molecule is CNC(=O)C1CCCN1C(=O)CNc1cc(F)cc(C(F)(F)F)c1. The molecule has 0 aliphatic carbocycles. The zero-order chi connectivity index (χ0) is 17.9. The minimum absolute atomic E-state index is 0.147. The standard InChI is InChI=1S/C15H17F4N3O2/c1-20-14(24)12-3-2-4-22(12)13(23)8-21-11-6-9(15(17,18)19)5-10(16)7-11/h5-7,12,21H,2-4,8H2,1H3,(H,20,24). The summed E-state index contributed by atoms with van der Waals surface area (Å²) in [7, 11) is 1.47. The Morgan fingerprint density at radius 3 is 2.62 bits per heavy atom. The van der Waals surface area contributed by atoms with Crippen molar-refractivity contribution >= 4 is 17.5 Å². The van der Waals surface area contributed by atoms with Crippen molar-refractivity contribution in [1.82, 2.24) is 10.2 Å². The van der Waals surface area contributed by atoms with E-state index in [1.54, 1.807) is 0 Å². The van der Waals surface area contributed by atoms with Crippen LogP contribution in [0.3, 0.4) is 0 Å². The fourth-order valence-electron chi connectivity index (χ4n) is 2.64. The van der Waals surface area contributed by atoms with Crippen molar-refractivity contribution in [2.24, 2.45) is 0 Å². The molecule has 2 rings (SSSR count). The van der Waals surface area contributed by atoms with E-state index in [1.165, 1.54) is 11.9 Å². The van der Waals surface area contributed by atoms with Crippen molar-refractivity contribution in [1.29, 1.82) is 0 Å². The van der Waals surface area contributed by atoms with E-state index < -0.39 is 29.5 Å². The lowest BCUT2D eigenvalue weighted by Crippen LogP contribution is -2.46. The van der Waals surface area contributed by atoms with Gasteiger partial charge in [0.05, 0.1) is 12.1 Å². The van der Waals surface area contributed by atoms with E-state index in [4.69, 9.17) is 0 Å². The molecule has 1 aliphatic heterocycles. The summed E-state index contributed by atoms with van der Waals surface area (Å²) in [5.41, 5.74) is -1.28. The maximum atomic E-state index is 13.3. The molecule has 2 N–H and O–H groups in total. The Balaban J connectivity index is 2.04. The summed E-state index contributed by atoms with van der Waals surface area (Å²) in [5.74, 6) is -1.77. The quantitative estimate of drug-likeness (QED) is 0.819. The number of amides is 2. The highest BCUT2D eigenvalue weighted by Crippen LogP contribution is 2.31. The Morgan fingerprint density at radius 1 is 1.29 bits per heavy atom. The van der Waals surface area contributed by atoms with Crippen molar-refractivity contribution in [3.8, 4) is 0 Å². The number of likely N-dealkylation sites (tertiary alicyclic amines) is 1. The number of likely N-dealkylation sites (N-methyl/N-ethyl adjacent to an activating group) is 1. The highest BCUT2D eigenvalue weighted by atomic mass is 19.4. The lowest BCUT2D eigenvalue weighted by Gasteiger charge is -2.23. The topological polar surface area (TPSA) is 61.4 Å². The number of alkyl halides is 3. The number of carbonyl (C=O) groups excluding carboxylic acids is 2. The summed E-state index contributed by atoms with van der Waals surface area (Å²) >= 11 is 0. The van der Waals surface area contributed by atoms with Crippen LogP contribution in [0.2, 0.25) is 0 Å². The van der Waals surface area contributed by atoms with Gasteiger partial charge in [0.1, 0.15) is 11.9 Å². The zero-order valence-corrected chi connectivity index (χ0v) is 12.9. The summed E-state index contributed by atoms with van der Waals surface area (Å²) in [4.78, 5) is 25.3. The Kier molecular flexibility index (Phi) is 5.30. The molecule has 1 aromatic rings. The summed E-state index contributed by atoms with van der Waals surface area (Å²) in [6.45, 7) is 0.0732. The molecular weight excluding hydrogens is 330 g/mol. The van der Waals surface area contributed by atoms with Crippen LogP contribution in [0, 0.1) is 5.82 Å². The first-order valence-electron chi connectivity index (χ1n) is 7.35. The first-order chi connectivity index (χ1) is 11.2. The number of benzene rings is 1. The molecule has 0 aromatic heterocycles. The predicted molar refractivity (Wildman–Crippen MR) is 78.7 cm³/mol. The van der Waals surface area contributed by atoms with Crippen molar-refractivity contribution in [3.63, 3.8) is 0 Å². The maximum Gasteiger partial charge on any atom is 0.416 e. The van der Waals surface area contributed by atoms with E-state index in [0.717, 1.165) is 12.1 Å². The zero-order valence-electron chi connectivity index (χ0n) is 12.9. The van der Waals surface area contributed by atoms with Crippen molar-refractivity contribution in [2.45, 2.75) is 25.1 Å². The predicted octanol–water partition coefficient (Wildman–Crippen LogP) is 1.99. The molecule has 1 saturated heterocycles. The minimum atomic E-state index is -4.68. The third kappa shape index (κ3) is 4.15. The van der Waals surface area contributed by atoms with E-state index in [1.807, 2.05) is 0 Å². The molecule has 2 amide bonds. The second kappa shape index (κ2) is 7.06. The largest absolute Gasteiger partial charge is 0.416 e. The van der Waals surface area contributed by atoms with Crippen LogP contribution < -0.4 is 10.6 Å². The number of nitrogens with one attached hydrogen (secondary N) is 2. The van der Waals surface area contributed by atoms with E-state index in [-0.39, 0.29) is 18.1 Å². The summed E-state index contributed by atoms with van der Waals surface area (Å²) < 4.78 is 51.3. The van der Waals surface area contributed by atoms with Crippen LogP contribution in [0.1, 0.15) is 18.4 Å². The monoisotopic (exact) mass is 347 g/mol. The van der Waals surface area contributed by atoms with Gasteiger partial charge < -0.3 is 15.5 Å². The first-order valence-corrected chi connectivity index (χ1v) is 7.35. The molecule has 1 aliphatic rings. The molecule has 9 heteroatoms. The van der Waals surface area contributed by atoms with E-state index in [9.17, 15) is 27.2 Å². The normalized spacial score (nSPS) is 17.7. The van der Waals surface area contributed by atoms with Gasteiger partial charge in [0.2, 0.25) is 11.8 Å². The maximum absolute atomic E-state index is 13.3. The van der Waals surface area contributed by atoms with Crippen LogP contribution in [0.25, 0.3) is 0 Å².